The Morgan fingerprint density at radius 3 is 1.33 bits per heavy atom. The number of carboxylic acids is 1. The third kappa shape index (κ3) is 46.2. The second kappa shape index (κ2) is 41.6. The number of phosphoric ester groups is 1. The van der Waals surface area contributed by atoms with Crippen molar-refractivity contribution in [3.63, 3.8) is 0 Å². The molecule has 55 heavy (non-hydrogen) atoms. The number of hydrogen-bond acceptors (Lipinski definition) is 10. The van der Waals surface area contributed by atoms with Gasteiger partial charge in [0.2, 0.25) is 0 Å². The lowest BCUT2D eigenvalue weighted by Gasteiger charge is -2.21. The summed E-state index contributed by atoms with van der Waals surface area (Å²) >= 11 is 0. The summed E-state index contributed by atoms with van der Waals surface area (Å²) in [6, 6.07) is -1.13. The molecule has 0 bridgehead atoms. The van der Waals surface area contributed by atoms with Crippen LogP contribution in [0, 0.1) is 0 Å². The van der Waals surface area contributed by atoms with Crippen LogP contribution in [-0.2, 0) is 32.9 Å². The normalized spacial score (nSPS) is 13.6. The molecule has 0 radical (unpaired) electrons. The molecule has 0 aromatic carbocycles. The molecule has 0 saturated heterocycles. The van der Waals surface area contributed by atoms with Crippen molar-refractivity contribution < 1.29 is 52.9 Å². The third-order valence-electron chi connectivity index (χ3n) is 8.95. The number of nitrogens with two attached hydrogens (primary N) is 1. The second-order valence-electron chi connectivity index (χ2n) is 14.4. The van der Waals surface area contributed by atoms with Crippen molar-refractivity contribution in [2.45, 2.75) is 206 Å². The zero-order valence-electron chi connectivity index (χ0n) is 34.5. The summed E-state index contributed by atoms with van der Waals surface area (Å²) in [4.78, 5) is 54.2. The predicted octanol–water partition coefficient (Wildman–Crippen LogP) is 9.38. The predicted molar refractivity (Wildman–Crippen MR) is 218 cm³/mol. The number of allylic oxidation sites excluding steroid dienone is 4. The maximum Gasteiger partial charge on any atom is 0.322 e. The lowest BCUT2D eigenvalue weighted by Crippen LogP contribution is -2.33. The number of aliphatic hydroxyl groups is 1. The van der Waals surface area contributed by atoms with E-state index in [0.717, 1.165) is 64.2 Å². The number of carbonyl (C=O) groups is 3. The number of hydrogen-bond donors (Lipinski definition) is 4. The van der Waals surface area contributed by atoms with Crippen LogP contribution in [0.15, 0.2) is 24.3 Å². The fourth-order valence-corrected chi connectivity index (χ4v) is 5.91. The number of ether oxygens (including phenoxy) is 2. The van der Waals surface area contributed by atoms with E-state index in [1.165, 1.54) is 89.9 Å². The highest BCUT2D eigenvalue weighted by atomic mass is 31.2. The molecular formula is C42H79NO11P-. The van der Waals surface area contributed by atoms with Gasteiger partial charge in [-0.05, 0) is 64.2 Å². The maximum absolute atomic E-state index is 12.3. The molecule has 0 aliphatic rings. The summed E-state index contributed by atoms with van der Waals surface area (Å²) in [5.41, 5.74) is 4.77. The molecule has 0 saturated carbocycles. The van der Waals surface area contributed by atoms with Gasteiger partial charge < -0.3 is 39.7 Å². The molecule has 0 aromatic rings. The van der Waals surface area contributed by atoms with Gasteiger partial charge in [0.1, 0.15) is 12.6 Å². The van der Waals surface area contributed by atoms with Crippen LogP contribution in [0.4, 0.5) is 0 Å². The number of aliphatic carboxylic acids is 1. The van der Waals surface area contributed by atoms with Gasteiger partial charge in [-0.3, -0.25) is 18.9 Å². The van der Waals surface area contributed by atoms with Gasteiger partial charge in [0, 0.05) is 12.8 Å². The minimum atomic E-state index is -5.00. The Kier molecular flexibility index (Phi) is 41.6. The lowest BCUT2D eigenvalue weighted by molar-refractivity contribution is -0.223. The number of aliphatic hydroxyl groups excluding tert-OH is 1. The average molecular weight is 805 g/mol. The van der Waals surface area contributed by atoms with Gasteiger partial charge >= 0.3 is 17.9 Å². The van der Waals surface area contributed by atoms with E-state index in [1.54, 1.807) is 0 Å². The summed E-state index contributed by atoms with van der Waals surface area (Å²) in [5.74, 6) is -2.11. The molecule has 0 rings (SSSR count). The van der Waals surface area contributed by atoms with Crippen LogP contribution in [0.1, 0.15) is 194 Å². The number of phosphoric acid groups is 1. The average Bonchev–Trinajstić information content (AvgIpc) is 3.15. The molecule has 13 heteroatoms. The van der Waals surface area contributed by atoms with Gasteiger partial charge in [-0.15, -0.1) is 0 Å². The summed E-state index contributed by atoms with van der Waals surface area (Å²) in [5, 5.41) is 15.9. The first-order valence-corrected chi connectivity index (χ1v) is 22.9. The van der Waals surface area contributed by atoms with Crippen molar-refractivity contribution in [3.05, 3.63) is 24.3 Å². The SMILES string of the molecule is CCCCCCCC/C=C/CCCCCCCC(=O)OC[C@H](COP(=O)([O-])O)OC(=O)CCCCCCC/C=C/CCCCCCCC.N[C@@H](CO)C(=O)O. The van der Waals surface area contributed by atoms with Gasteiger partial charge in [0.15, 0.2) is 6.10 Å². The first kappa shape index (κ1) is 55.0. The number of unbranched alkanes of at least 4 members (excludes halogenated alkanes) is 22. The lowest BCUT2D eigenvalue weighted by atomic mass is 10.1. The molecule has 324 valence electrons. The van der Waals surface area contributed by atoms with Crippen molar-refractivity contribution in [1.29, 1.82) is 0 Å². The second-order valence-corrected chi connectivity index (χ2v) is 15.6. The number of rotatable bonds is 38. The first-order valence-electron chi connectivity index (χ1n) is 21.4. The van der Waals surface area contributed by atoms with Crippen LogP contribution in [0.2, 0.25) is 0 Å². The Morgan fingerprint density at radius 1 is 0.618 bits per heavy atom. The topological polar surface area (TPSA) is 206 Å². The van der Waals surface area contributed by atoms with Gasteiger partial charge in [-0.2, -0.15) is 0 Å². The van der Waals surface area contributed by atoms with Crippen LogP contribution in [0.3, 0.4) is 0 Å². The van der Waals surface area contributed by atoms with E-state index in [2.05, 4.69) is 42.7 Å². The van der Waals surface area contributed by atoms with E-state index >= 15 is 0 Å². The Labute approximate surface area is 333 Å². The number of carboxylic acid groups (broad SMARTS) is 1. The molecule has 1 unspecified atom stereocenters. The summed E-state index contributed by atoms with van der Waals surface area (Å²) in [6.07, 6.45) is 38.7. The van der Waals surface area contributed by atoms with Gasteiger partial charge in [-0.25, -0.2) is 0 Å². The standard InChI is InChI=1S/C39H73O8P.C3H7NO3/c1-3-5-7-9-11-13-15-17-19-21-23-25-27-29-31-33-38(40)45-35-37(36-46-48(42,43)44)47-39(41)34-32-30-28-26-24-22-20-18-16-14-12-10-8-6-4-2;4-2(1-5)3(6)7/h17-20,37H,3-16,21-36H2,1-2H3,(H2,42,43,44);2,5H,1,4H2,(H,6,7)/p-1/b19-17+,20-18+;/t37-;2-/m10/s1. The smallest absolute Gasteiger partial charge is 0.322 e. The third-order valence-corrected chi connectivity index (χ3v) is 9.43. The largest absolute Gasteiger partial charge is 0.756 e. The van der Waals surface area contributed by atoms with E-state index in [9.17, 15) is 23.8 Å². The number of carbonyl (C=O) groups excluding carboxylic acids is 2. The zero-order valence-corrected chi connectivity index (χ0v) is 35.4. The van der Waals surface area contributed by atoms with Crippen LogP contribution in [-0.4, -0.2) is 65.0 Å². The Bertz CT molecular complexity index is 1000. The summed E-state index contributed by atoms with van der Waals surface area (Å²) < 4.78 is 26.0. The number of esters is 2. The Hall–Kier alpha value is -2.08. The summed E-state index contributed by atoms with van der Waals surface area (Å²) in [7, 11) is -5.00. The molecule has 0 aromatic heterocycles. The van der Waals surface area contributed by atoms with Gasteiger partial charge in [0.25, 0.3) is 7.82 Å². The quantitative estimate of drug-likeness (QED) is 0.0199. The van der Waals surface area contributed by atoms with Crippen molar-refractivity contribution in [2.75, 3.05) is 19.8 Å². The fourth-order valence-electron chi connectivity index (χ4n) is 5.55. The zero-order chi connectivity index (χ0) is 41.3. The Morgan fingerprint density at radius 2 is 0.982 bits per heavy atom. The van der Waals surface area contributed by atoms with Crippen molar-refractivity contribution in [3.8, 4) is 0 Å². The van der Waals surface area contributed by atoms with Crippen molar-refractivity contribution >= 4 is 25.7 Å². The molecule has 0 aliphatic carbocycles. The molecule has 0 amide bonds. The monoisotopic (exact) mass is 805 g/mol. The highest BCUT2D eigenvalue weighted by molar-refractivity contribution is 7.44. The van der Waals surface area contributed by atoms with Crippen LogP contribution >= 0.6 is 7.82 Å². The van der Waals surface area contributed by atoms with E-state index in [4.69, 9.17) is 30.3 Å². The fraction of sp³-hybridized carbons (Fsp3) is 0.833. The van der Waals surface area contributed by atoms with Gasteiger partial charge in [-0.1, -0.05) is 141 Å². The van der Waals surface area contributed by atoms with E-state index in [-0.39, 0.29) is 19.4 Å². The van der Waals surface area contributed by atoms with Crippen LogP contribution in [0.25, 0.3) is 0 Å². The van der Waals surface area contributed by atoms with E-state index in [0.29, 0.717) is 12.8 Å². The molecule has 0 aliphatic heterocycles. The van der Waals surface area contributed by atoms with Gasteiger partial charge in [0.05, 0.1) is 13.2 Å². The highest BCUT2D eigenvalue weighted by Crippen LogP contribution is 2.30. The van der Waals surface area contributed by atoms with E-state index < -0.39 is 51.1 Å². The Balaban J connectivity index is 0. The van der Waals surface area contributed by atoms with E-state index in [1.807, 2.05) is 0 Å². The minimum absolute atomic E-state index is 0.186. The molecule has 0 spiro atoms. The van der Waals surface area contributed by atoms with Crippen molar-refractivity contribution in [1.82, 2.24) is 0 Å². The minimum Gasteiger partial charge on any atom is -0.756 e. The molecule has 0 heterocycles. The molecule has 5 N–H and O–H groups in total. The van der Waals surface area contributed by atoms with Crippen LogP contribution < -0.4 is 10.6 Å². The first-order chi connectivity index (χ1) is 26.5. The molecule has 3 atom stereocenters. The molecular weight excluding hydrogens is 725 g/mol. The van der Waals surface area contributed by atoms with Crippen molar-refractivity contribution in [2.24, 2.45) is 5.73 Å². The molecule has 12 nitrogen and oxygen atoms in total. The van der Waals surface area contributed by atoms with Crippen LogP contribution in [0.5, 0.6) is 0 Å². The molecule has 0 fully saturated rings. The summed E-state index contributed by atoms with van der Waals surface area (Å²) in [6.45, 7) is 3.06. The highest BCUT2D eigenvalue weighted by Gasteiger charge is 2.19. The maximum atomic E-state index is 12.3.